The van der Waals surface area contributed by atoms with Gasteiger partial charge in [-0.2, -0.15) is 0 Å². The largest absolute Gasteiger partial charge is 0.480 e. The molecule has 0 amide bonds. The molecule has 0 spiro atoms. The van der Waals surface area contributed by atoms with E-state index < -0.39 is 5.97 Å². The van der Waals surface area contributed by atoms with E-state index in [4.69, 9.17) is 21.4 Å². The average Bonchev–Trinajstić information content (AvgIpc) is 2.03. The Morgan fingerprint density at radius 2 is 2.50 bits per heavy atom. The van der Waals surface area contributed by atoms with Gasteiger partial charge in [-0.1, -0.05) is 17.7 Å². The zero-order chi connectivity index (χ0) is 8.97. The van der Waals surface area contributed by atoms with Crippen molar-refractivity contribution in [2.24, 2.45) is 0 Å². The van der Waals surface area contributed by atoms with Crippen LogP contribution < -0.4 is 4.74 Å². The van der Waals surface area contributed by atoms with Crippen LogP contribution in [0.2, 0.25) is 5.02 Å². The first-order chi connectivity index (χ1) is 5.70. The number of halogens is 1. The highest BCUT2D eigenvalue weighted by atomic mass is 35.5. The van der Waals surface area contributed by atoms with E-state index in [2.05, 4.69) is 6.07 Å². The van der Waals surface area contributed by atoms with Gasteiger partial charge in [-0.3, -0.25) is 0 Å². The van der Waals surface area contributed by atoms with Crippen LogP contribution in [0.1, 0.15) is 0 Å². The summed E-state index contributed by atoms with van der Waals surface area (Å²) in [5, 5.41) is 8.65. The van der Waals surface area contributed by atoms with Crippen molar-refractivity contribution in [1.82, 2.24) is 0 Å². The van der Waals surface area contributed by atoms with Crippen molar-refractivity contribution in [2.75, 3.05) is 6.61 Å². The quantitative estimate of drug-likeness (QED) is 0.778. The Hall–Kier alpha value is -1.22. The highest BCUT2D eigenvalue weighted by molar-refractivity contribution is 6.32. The standard InChI is InChI=1S/C8H6ClO3/c9-6-3-1-2-4-7(6)12-5-8(10)11/h2-4H,5H2,(H,10,11). The van der Waals surface area contributed by atoms with Gasteiger partial charge in [0.05, 0.1) is 5.02 Å². The number of hydrogen-bond donors (Lipinski definition) is 1. The summed E-state index contributed by atoms with van der Waals surface area (Å²) in [4.78, 5) is 10.1. The molecule has 0 aromatic heterocycles. The Labute approximate surface area is 74.5 Å². The van der Waals surface area contributed by atoms with Gasteiger partial charge >= 0.3 is 5.97 Å². The van der Waals surface area contributed by atoms with Gasteiger partial charge in [0.2, 0.25) is 0 Å². The molecule has 0 atom stereocenters. The minimum absolute atomic E-state index is 0.359. The van der Waals surface area contributed by atoms with E-state index in [9.17, 15) is 4.79 Å². The molecule has 0 aliphatic carbocycles. The molecule has 1 aromatic rings. The molecule has 0 aliphatic rings. The topological polar surface area (TPSA) is 46.5 Å². The SMILES string of the molecule is O=C(O)COc1cc[c]cc1Cl. The Balaban J connectivity index is 2.63. The predicted molar refractivity (Wildman–Crippen MR) is 43.4 cm³/mol. The Morgan fingerprint density at radius 3 is 3.08 bits per heavy atom. The number of aliphatic carboxylic acids is 1. The molecular weight excluding hydrogens is 180 g/mol. The molecule has 0 bridgehead atoms. The monoisotopic (exact) mass is 185 g/mol. The van der Waals surface area contributed by atoms with Gasteiger partial charge in [-0.25, -0.2) is 4.79 Å². The second-order valence-electron chi connectivity index (χ2n) is 2.04. The molecule has 0 aliphatic heterocycles. The second-order valence-corrected chi connectivity index (χ2v) is 2.45. The number of ether oxygens (including phenoxy) is 1. The molecule has 1 aromatic carbocycles. The summed E-state index contributed by atoms with van der Waals surface area (Å²) in [5.74, 6) is -0.670. The van der Waals surface area contributed by atoms with Gasteiger partial charge in [0.1, 0.15) is 5.75 Å². The lowest BCUT2D eigenvalue weighted by molar-refractivity contribution is -0.139. The van der Waals surface area contributed by atoms with Crippen LogP contribution in [0.4, 0.5) is 0 Å². The van der Waals surface area contributed by atoms with E-state index in [-0.39, 0.29) is 6.61 Å². The van der Waals surface area contributed by atoms with Crippen LogP contribution in [0.25, 0.3) is 0 Å². The normalized spacial score (nSPS) is 9.42. The lowest BCUT2D eigenvalue weighted by atomic mass is 10.3. The first kappa shape index (κ1) is 8.87. The second kappa shape index (κ2) is 3.97. The number of benzene rings is 1. The Kier molecular flexibility index (Phi) is 2.94. The van der Waals surface area contributed by atoms with Crippen molar-refractivity contribution >= 4 is 17.6 Å². The summed E-state index contributed by atoms with van der Waals surface area (Å²) in [5.41, 5.74) is 0. The molecule has 4 heteroatoms. The highest BCUT2D eigenvalue weighted by Gasteiger charge is 2.01. The summed E-state index contributed by atoms with van der Waals surface area (Å²) in [6.07, 6.45) is 0. The van der Waals surface area contributed by atoms with Crippen LogP contribution in [-0.2, 0) is 4.79 Å². The van der Waals surface area contributed by atoms with Gasteiger partial charge in [0.25, 0.3) is 0 Å². The van der Waals surface area contributed by atoms with Gasteiger partial charge < -0.3 is 9.84 Å². The van der Waals surface area contributed by atoms with Crippen LogP contribution in [0.3, 0.4) is 0 Å². The van der Waals surface area contributed by atoms with Crippen LogP contribution in [0.15, 0.2) is 18.2 Å². The minimum atomic E-state index is -1.03. The molecule has 63 valence electrons. The van der Waals surface area contributed by atoms with E-state index in [1.165, 1.54) is 6.07 Å². The van der Waals surface area contributed by atoms with E-state index >= 15 is 0 Å². The number of hydrogen-bond acceptors (Lipinski definition) is 2. The third-order valence-electron chi connectivity index (χ3n) is 1.13. The zero-order valence-electron chi connectivity index (χ0n) is 6.08. The van der Waals surface area contributed by atoms with E-state index in [0.29, 0.717) is 10.8 Å². The van der Waals surface area contributed by atoms with Gasteiger partial charge in [-0.05, 0) is 18.2 Å². The molecule has 1 radical (unpaired) electrons. The fraction of sp³-hybridized carbons (Fsp3) is 0.125. The maximum atomic E-state index is 10.1. The lowest BCUT2D eigenvalue weighted by Crippen LogP contribution is -2.09. The third-order valence-corrected chi connectivity index (χ3v) is 1.42. The maximum Gasteiger partial charge on any atom is 0.341 e. The number of rotatable bonds is 3. The molecule has 1 rings (SSSR count). The smallest absolute Gasteiger partial charge is 0.341 e. The summed E-state index contributed by atoms with van der Waals surface area (Å²) >= 11 is 5.66. The Bertz CT molecular complexity index is 285. The van der Waals surface area contributed by atoms with Crippen molar-refractivity contribution < 1.29 is 14.6 Å². The lowest BCUT2D eigenvalue weighted by Gasteiger charge is -2.03. The summed E-state index contributed by atoms with van der Waals surface area (Å²) in [7, 11) is 0. The third kappa shape index (κ3) is 2.43. The molecule has 0 heterocycles. The molecule has 1 N–H and O–H groups in total. The van der Waals surface area contributed by atoms with Crippen molar-refractivity contribution in [1.29, 1.82) is 0 Å². The van der Waals surface area contributed by atoms with Crippen LogP contribution in [-0.4, -0.2) is 17.7 Å². The van der Waals surface area contributed by atoms with Crippen molar-refractivity contribution in [3.63, 3.8) is 0 Å². The number of carboxylic acids is 1. The fourth-order valence-electron chi connectivity index (χ4n) is 0.652. The summed E-state index contributed by atoms with van der Waals surface area (Å²) in [6, 6.07) is 7.40. The number of carbonyl (C=O) groups is 1. The molecule has 0 fully saturated rings. The number of carboxylic acid groups (broad SMARTS) is 1. The summed E-state index contributed by atoms with van der Waals surface area (Å²) in [6.45, 7) is -0.385. The maximum absolute atomic E-state index is 10.1. The molecule has 0 saturated heterocycles. The molecule has 0 saturated carbocycles. The van der Waals surface area contributed by atoms with Gasteiger partial charge in [0.15, 0.2) is 6.61 Å². The van der Waals surface area contributed by atoms with E-state index in [1.807, 2.05) is 0 Å². The minimum Gasteiger partial charge on any atom is -0.480 e. The Morgan fingerprint density at radius 1 is 1.75 bits per heavy atom. The molecule has 12 heavy (non-hydrogen) atoms. The fourth-order valence-corrected chi connectivity index (χ4v) is 0.833. The average molecular weight is 186 g/mol. The first-order valence-electron chi connectivity index (χ1n) is 3.20. The van der Waals surface area contributed by atoms with Gasteiger partial charge in [0, 0.05) is 0 Å². The van der Waals surface area contributed by atoms with Crippen molar-refractivity contribution in [3.05, 3.63) is 29.3 Å². The van der Waals surface area contributed by atoms with Crippen LogP contribution in [0, 0.1) is 6.07 Å². The van der Waals surface area contributed by atoms with Gasteiger partial charge in [-0.15, -0.1) is 0 Å². The predicted octanol–water partition coefficient (Wildman–Crippen LogP) is 1.60. The van der Waals surface area contributed by atoms with E-state index in [0.717, 1.165) is 0 Å². The van der Waals surface area contributed by atoms with Crippen molar-refractivity contribution in [2.45, 2.75) is 0 Å². The van der Waals surface area contributed by atoms with Crippen LogP contribution in [0.5, 0.6) is 5.75 Å². The van der Waals surface area contributed by atoms with E-state index in [1.54, 1.807) is 12.1 Å². The summed E-state index contributed by atoms with van der Waals surface area (Å²) < 4.78 is 4.85. The molecule has 0 unspecified atom stereocenters. The highest BCUT2D eigenvalue weighted by Crippen LogP contribution is 2.22. The zero-order valence-corrected chi connectivity index (χ0v) is 6.84. The molecule has 3 nitrogen and oxygen atoms in total. The van der Waals surface area contributed by atoms with Crippen LogP contribution >= 0.6 is 11.6 Å². The molecular formula is C8H6ClO3. The first-order valence-corrected chi connectivity index (χ1v) is 3.58. The van der Waals surface area contributed by atoms with Crippen molar-refractivity contribution in [3.8, 4) is 5.75 Å².